The maximum atomic E-state index is 12.0. The first kappa shape index (κ1) is 13.2. The van der Waals surface area contributed by atoms with Crippen LogP contribution in [0.2, 0.25) is 0 Å². The van der Waals surface area contributed by atoms with E-state index >= 15 is 0 Å². The summed E-state index contributed by atoms with van der Waals surface area (Å²) in [5.74, 6) is 0.130. The molecule has 3 nitrogen and oxygen atoms in total. The molecule has 0 heterocycles. The predicted octanol–water partition coefficient (Wildman–Crippen LogP) is 1.40. The Morgan fingerprint density at radius 1 is 1.50 bits per heavy atom. The molecule has 0 aliphatic rings. The van der Waals surface area contributed by atoms with Crippen molar-refractivity contribution in [1.82, 2.24) is 4.90 Å². The van der Waals surface area contributed by atoms with Crippen molar-refractivity contribution in [3.8, 4) is 0 Å². The molecule has 0 saturated carbocycles. The van der Waals surface area contributed by atoms with Crippen molar-refractivity contribution < 1.29 is 4.79 Å². The number of carbonyl (C=O) groups is 1. The summed E-state index contributed by atoms with van der Waals surface area (Å²) in [5, 5.41) is 0. The van der Waals surface area contributed by atoms with Crippen molar-refractivity contribution in [2.75, 3.05) is 20.1 Å². The molecule has 0 unspecified atom stereocenters. The first-order chi connectivity index (χ1) is 6.57. The van der Waals surface area contributed by atoms with Crippen molar-refractivity contribution in [2.24, 2.45) is 11.1 Å². The second-order valence-corrected chi connectivity index (χ2v) is 3.67. The minimum Gasteiger partial charge on any atom is -0.342 e. The number of carbonyl (C=O) groups excluding carboxylic acids is 1. The summed E-state index contributed by atoms with van der Waals surface area (Å²) in [5.41, 5.74) is 5.31. The molecule has 2 N–H and O–H groups in total. The lowest BCUT2D eigenvalue weighted by atomic mass is 9.81. The Hall–Kier alpha value is -0.830. The van der Waals surface area contributed by atoms with E-state index in [-0.39, 0.29) is 11.3 Å². The summed E-state index contributed by atoms with van der Waals surface area (Å²) in [4.78, 5) is 13.7. The molecule has 14 heavy (non-hydrogen) atoms. The van der Waals surface area contributed by atoms with Gasteiger partial charge in [0.25, 0.3) is 0 Å². The first-order valence-electron chi connectivity index (χ1n) is 5.14. The third-order valence-corrected chi connectivity index (χ3v) is 2.95. The van der Waals surface area contributed by atoms with Crippen LogP contribution in [0.25, 0.3) is 0 Å². The quantitative estimate of drug-likeness (QED) is 0.656. The Morgan fingerprint density at radius 2 is 2.00 bits per heavy atom. The summed E-state index contributed by atoms with van der Waals surface area (Å²) < 4.78 is 0. The maximum Gasteiger partial charge on any atom is 0.230 e. The molecule has 0 aliphatic carbocycles. The number of nitrogens with two attached hydrogens (primary N) is 1. The third-order valence-electron chi connectivity index (χ3n) is 2.95. The summed E-state index contributed by atoms with van der Waals surface area (Å²) in [7, 11) is 1.79. The Balaban J connectivity index is 4.66. The molecule has 0 spiro atoms. The molecule has 0 saturated heterocycles. The molecule has 3 heteroatoms. The van der Waals surface area contributed by atoms with E-state index in [1.807, 2.05) is 13.8 Å². The van der Waals surface area contributed by atoms with Crippen LogP contribution in [-0.4, -0.2) is 30.9 Å². The van der Waals surface area contributed by atoms with Gasteiger partial charge in [-0.05, 0) is 12.8 Å². The minimum atomic E-state index is -0.377. The van der Waals surface area contributed by atoms with Crippen LogP contribution < -0.4 is 5.73 Å². The molecular formula is C11H22N2O. The minimum absolute atomic E-state index is 0.130. The van der Waals surface area contributed by atoms with E-state index in [0.29, 0.717) is 13.1 Å². The number of likely N-dealkylation sites (N-methyl/N-ethyl adjacent to an activating group) is 1. The highest BCUT2D eigenvalue weighted by atomic mass is 16.2. The fourth-order valence-electron chi connectivity index (χ4n) is 1.61. The van der Waals surface area contributed by atoms with Crippen LogP contribution in [0.1, 0.15) is 26.7 Å². The predicted molar refractivity (Wildman–Crippen MR) is 59.9 cm³/mol. The molecule has 0 radical (unpaired) electrons. The summed E-state index contributed by atoms with van der Waals surface area (Å²) in [6.45, 7) is 8.64. The van der Waals surface area contributed by atoms with Crippen LogP contribution in [0.3, 0.4) is 0 Å². The molecule has 0 aromatic heterocycles. The largest absolute Gasteiger partial charge is 0.342 e. The number of amides is 1. The van der Waals surface area contributed by atoms with E-state index in [1.165, 1.54) is 0 Å². The summed E-state index contributed by atoms with van der Waals surface area (Å²) in [6.07, 6.45) is 3.31. The van der Waals surface area contributed by atoms with Crippen molar-refractivity contribution in [3.05, 3.63) is 12.7 Å². The smallest absolute Gasteiger partial charge is 0.230 e. The van der Waals surface area contributed by atoms with Gasteiger partial charge >= 0.3 is 0 Å². The third kappa shape index (κ3) is 2.58. The van der Waals surface area contributed by atoms with Gasteiger partial charge in [-0.15, -0.1) is 6.58 Å². The molecule has 0 aliphatic heterocycles. The zero-order chi connectivity index (χ0) is 11.2. The van der Waals surface area contributed by atoms with Gasteiger partial charge in [0.05, 0.1) is 5.41 Å². The zero-order valence-corrected chi connectivity index (χ0v) is 9.55. The highest BCUT2D eigenvalue weighted by Crippen LogP contribution is 2.27. The normalized spacial score (nSPS) is 11.1. The van der Waals surface area contributed by atoms with Crippen LogP contribution in [0.4, 0.5) is 0 Å². The van der Waals surface area contributed by atoms with E-state index in [2.05, 4.69) is 6.58 Å². The van der Waals surface area contributed by atoms with Gasteiger partial charge in [0, 0.05) is 20.1 Å². The highest BCUT2D eigenvalue weighted by molar-refractivity contribution is 5.82. The molecule has 0 bridgehead atoms. The fourth-order valence-corrected chi connectivity index (χ4v) is 1.61. The van der Waals surface area contributed by atoms with Gasteiger partial charge in [-0.2, -0.15) is 0 Å². The Bertz CT molecular complexity index is 189. The van der Waals surface area contributed by atoms with Crippen LogP contribution >= 0.6 is 0 Å². The molecule has 0 fully saturated rings. The van der Waals surface area contributed by atoms with E-state index in [0.717, 1.165) is 12.8 Å². The van der Waals surface area contributed by atoms with Gasteiger partial charge in [0.2, 0.25) is 5.91 Å². The fraction of sp³-hybridized carbons (Fsp3) is 0.727. The van der Waals surface area contributed by atoms with Gasteiger partial charge in [0.1, 0.15) is 0 Å². The van der Waals surface area contributed by atoms with Crippen LogP contribution in [0.15, 0.2) is 12.7 Å². The standard InChI is InChI=1S/C11H22N2O/c1-5-8-13(4)10(14)11(6-2,7-3)9-12/h5H,1,6-9,12H2,2-4H3. The van der Waals surface area contributed by atoms with Gasteiger partial charge in [-0.25, -0.2) is 0 Å². The molecule has 0 rings (SSSR count). The van der Waals surface area contributed by atoms with Crippen molar-refractivity contribution in [3.63, 3.8) is 0 Å². The molecule has 0 aromatic rings. The Morgan fingerprint density at radius 3 is 2.29 bits per heavy atom. The molecule has 1 amide bonds. The second-order valence-electron chi connectivity index (χ2n) is 3.67. The van der Waals surface area contributed by atoms with Crippen LogP contribution in [0.5, 0.6) is 0 Å². The Kier molecular flexibility index (Phi) is 5.46. The SMILES string of the molecule is C=CCN(C)C(=O)C(CC)(CC)CN. The Labute approximate surface area is 87.0 Å². The summed E-state index contributed by atoms with van der Waals surface area (Å²) >= 11 is 0. The van der Waals surface area contributed by atoms with Crippen molar-refractivity contribution in [2.45, 2.75) is 26.7 Å². The highest BCUT2D eigenvalue weighted by Gasteiger charge is 2.35. The molecule has 0 aromatic carbocycles. The lowest BCUT2D eigenvalue weighted by molar-refractivity contribution is -0.140. The van der Waals surface area contributed by atoms with E-state index in [9.17, 15) is 4.79 Å². The topological polar surface area (TPSA) is 46.3 Å². The van der Waals surface area contributed by atoms with Gasteiger partial charge in [0.15, 0.2) is 0 Å². The molecule has 0 atom stereocenters. The lowest BCUT2D eigenvalue weighted by Crippen LogP contribution is -2.46. The zero-order valence-electron chi connectivity index (χ0n) is 9.55. The summed E-state index contributed by atoms with van der Waals surface area (Å²) in [6, 6.07) is 0. The van der Waals surface area contributed by atoms with Crippen LogP contribution in [0, 0.1) is 5.41 Å². The lowest BCUT2D eigenvalue weighted by Gasteiger charge is -2.32. The van der Waals surface area contributed by atoms with E-state index in [1.54, 1.807) is 18.0 Å². The molecular weight excluding hydrogens is 176 g/mol. The van der Waals surface area contributed by atoms with Crippen molar-refractivity contribution in [1.29, 1.82) is 0 Å². The monoisotopic (exact) mass is 198 g/mol. The van der Waals surface area contributed by atoms with E-state index in [4.69, 9.17) is 5.73 Å². The first-order valence-corrected chi connectivity index (χ1v) is 5.14. The average Bonchev–Trinajstić information content (AvgIpc) is 2.21. The number of rotatable bonds is 6. The van der Waals surface area contributed by atoms with Crippen LogP contribution in [-0.2, 0) is 4.79 Å². The maximum absolute atomic E-state index is 12.0. The average molecular weight is 198 g/mol. The number of hydrogen-bond acceptors (Lipinski definition) is 2. The van der Waals surface area contributed by atoms with Gasteiger partial charge in [-0.1, -0.05) is 19.9 Å². The van der Waals surface area contributed by atoms with Gasteiger partial charge < -0.3 is 10.6 Å². The number of hydrogen-bond donors (Lipinski definition) is 1. The number of nitrogens with zero attached hydrogens (tertiary/aromatic N) is 1. The second kappa shape index (κ2) is 5.81. The van der Waals surface area contributed by atoms with E-state index < -0.39 is 0 Å². The van der Waals surface area contributed by atoms with Crippen molar-refractivity contribution >= 4 is 5.91 Å². The van der Waals surface area contributed by atoms with Gasteiger partial charge in [-0.3, -0.25) is 4.79 Å². The molecule has 82 valence electrons.